The fourth-order valence-electron chi connectivity index (χ4n) is 2.31. The van der Waals surface area contributed by atoms with E-state index in [1.54, 1.807) is 25.3 Å². The molecule has 0 spiro atoms. The zero-order chi connectivity index (χ0) is 18.4. The van der Waals surface area contributed by atoms with E-state index in [0.29, 0.717) is 17.2 Å². The number of rotatable bonds is 7. The lowest BCUT2D eigenvalue weighted by molar-refractivity contribution is -0.139. The van der Waals surface area contributed by atoms with Gasteiger partial charge in [0.15, 0.2) is 6.61 Å². The highest BCUT2D eigenvalue weighted by Gasteiger charge is 2.17. The number of nitrogens with one attached hydrogen (secondary N) is 1. The van der Waals surface area contributed by atoms with Crippen molar-refractivity contribution in [2.45, 2.75) is 19.8 Å². The monoisotopic (exact) mass is 343 g/mol. The molecule has 0 saturated heterocycles. The van der Waals surface area contributed by atoms with Crippen LogP contribution in [0.15, 0.2) is 42.5 Å². The van der Waals surface area contributed by atoms with E-state index in [9.17, 15) is 9.59 Å². The van der Waals surface area contributed by atoms with Crippen LogP contribution in [0.2, 0.25) is 0 Å². The second kappa shape index (κ2) is 8.19. The minimum absolute atomic E-state index is 0.143. The average molecular weight is 343 g/mol. The minimum Gasteiger partial charge on any atom is -0.497 e. The number of ether oxygens (including phenoxy) is 2. The number of benzene rings is 2. The summed E-state index contributed by atoms with van der Waals surface area (Å²) in [6, 6.07) is 12.4. The quantitative estimate of drug-likeness (QED) is 0.806. The molecule has 0 radical (unpaired) electrons. The van der Waals surface area contributed by atoms with Gasteiger partial charge in [0.1, 0.15) is 11.5 Å². The van der Waals surface area contributed by atoms with E-state index in [2.05, 4.69) is 5.32 Å². The average Bonchev–Trinajstić information content (AvgIpc) is 2.61. The molecule has 2 aromatic rings. The molecule has 1 atom stereocenters. The first-order chi connectivity index (χ1) is 11.9. The molecule has 1 unspecified atom stereocenters. The lowest BCUT2D eigenvalue weighted by atomic mass is 10.00. The van der Waals surface area contributed by atoms with Crippen LogP contribution in [0.4, 0.5) is 5.69 Å². The van der Waals surface area contributed by atoms with Crippen molar-refractivity contribution in [1.82, 2.24) is 0 Å². The Bertz CT molecular complexity index is 772. The summed E-state index contributed by atoms with van der Waals surface area (Å²) < 4.78 is 10.3. The van der Waals surface area contributed by atoms with E-state index in [0.717, 1.165) is 11.1 Å². The first-order valence-electron chi connectivity index (χ1n) is 7.80. The lowest BCUT2D eigenvalue weighted by Crippen LogP contribution is -2.19. The van der Waals surface area contributed by atoms with Crippen LogP contribution in [0.3, 0.4) is 0 Å². The molecule has 1 amide bonds. The summed E-state index contributed by atoms with van der Waals surface area (Å²) in [7, 11) is 1.58. The number of carbonyl (C=O) groups is 2. The third-order valence-corrected chi connectivity index (χ3v) is 3.81. The fraction of sp³-hybridized carbons (Fsp3) is 0.263. The van der Waals surface area contributed by atoms with Crippen molar-refractivity contribution in [1.29, 1.82) is 0 Å². The van der Waals surface area contributed by atoms with Crippen molar-refractivity contribution in [2.75, 3.05) is 19.0 Å². The summed E-state index contributed by atoms with van der Waals surface area (Å²) in [6.07, 6.45) is 0. The number of hydrogen-bond donors (Lipinski definition) is 2. The van der Waals surface area contributed by atoms with Gasteiger partial charge in [-0.05, 0) is 55.3 Å². The molecule has 0 aromatic heterocycles. The van der Waals surface area contributed by atoms with E-state index in [4.69, 9.17) is 14.6 Å². The Balaban J connectivity index is 2.07. The Morgan fingerprint density at radius 3 is 2.56 bits per heavy atom. The maximum absolute atomic E-state index is 12.5. The maximum atomic E-state index is 12.5. The predicted molar refractivity (Wildman–Crippen MR) is 94.3 cm³/mol. The summed E-state index contributed by atoms with van der Waals surface area (Å²) in [5.74, 6) is -0.387. The summed E-state index contributed by atoms with van der Waals surface area (Å²) in [6.45, 7) is 3.24. The van der Waals surface area contributed by atoms with Gasteiger partial charge in [-0.15, -0.1) is 0 Å². The molecule has 0 bridgehead atoms. The number of amides is 1. The van der Waals surface area contributed by atoms with Gasteiger partial charge in [0.2, 0.25) is 5.91 Å². The topological polar surface area (TPSA) is 84.9 Å². The fourth-order valence-corrected chi connectivity index (χ4v) is 2.31. The maximum Gasteiger partial charge on any atom is 0.341 e. The number of carbonyl (C=O) groups excluding carboxylic acids is 1. The van der Waals surface area contributed by atoms with Gasteiger partial charge in [-0.25, -0.2) is 4.79 Å². The van der Waals surface area contributed by atoms with Gasteiger partial charge < -0.3 is 19.9 Å². The molecule has 0 heterocycles. The second-order valence-electron chi connectivity index (χ2n) is 5.65. The summed E-state index contributed by atoms with van der Waals surface area (Å²) >= 11 is 0. The first kappa shape index (κ1) is 18.3. The van der Waals surface area contributed by atoms with E-state index in [1.165, 1.54) is 0 Å². The molecular weight excluding hydrogens is 322 g/mol. The van der Waals surface area contributed by atoms with E-state index < -0.39 is 12.6 Å². The van der Waals surface area contributed by atoms with E-state index >= 15 is 0 Å². The zero-order valence-corrected chi connectivity index (χ0v) is 14.4. The van der Waals surface area contributed by atoms with Gasteiger partial charge in [0.25, 0.3) is 0 Å². The Morgan fingerprint density at radius 2 is 1.92 bits per heavy atom. The van der Waals surface area contributed by atoms with E-state index in [1.807, 2.05) is 38.1 Å². The minimum atomic E-state index is -1.04. The Morgan fingerprint density at radius 1 is 1.16 bits per heavy atom. The SMILES string of the molecule is COc1cccc(C(C)C(=O)Nc2ccc(OCC(=O)O)cc2C)c1. The molecule has 25 heavy (non-hydrogen) atoms. The Labute approximate surface area is 146 Å². The summed E-state index contributed by atoms with van der Waals surface area (Å²) in [5.41, 5.74) is 2.30. The lowest BCUT2D eigenvalue weighted by Gasteiger charge is -2.15. The van der Waals surface area contributed by atoms with Gasteiger partial charge in [0.05, 0.1) is 13.0 Å². The van der Waals surface area contributed by atoms with Crippen molar-refractivity contribution in [3.63, 3.8) is 0 Å². The van der Waals surface area contributed by atoms with Crippen LogP contribution in [-0.4, -0.2) is 30.7 Å². The third kappa shape index (κ3) is 4.97. The Kier molecular flexibility index (Phi) is 6.00. The number of anilines is 1. The zero-order valence-electron chi connectivity index (χ0n) is 14.4. The number of methoxy groups -OCH3 is 1. The number of hydrogen-bond acceptors (Lipinski definition) is 4. The van der Waals surface area contributed by atoms with Crippen LogP contribution < -0.4 is 14.8 Å². The van der Waals surface area contributed by atoms with Gasteiger partial charge in [-0.3, -0.25) is 4.79 Å². The van der Waals surface area contributed by atoms with Crippen LogP contribution in [0.5, 0.6) is 11.5 Å². The number of carboxylic acids is 1. The molecule has 0 aliphatic carbocycles. The van der Waals surface area contributed by atoms with Gasteiger partial charge in [-0.2, -0.15) is 0 Å². The highest BCUT2D eigenvalue weighted by Crippen LogP contribution is 2.25. The Hall–Kier alpha value is -3.02. The number of carboxylic acid groups (broad SMARTS) is 1. The van der Waals surface area contributed by atoms with Gasteiger partial charge >= 0.3 is 5.97 Å². The van der Waals surface area contributed by atoms with Crippen LogP contribution >= 0.6 is 0 Å². The van der Waals surface area contributed by atoms with Gasteiger partial charge in [-0.1, -0.05) is 12.1 Å². The first-order valence-corrected chi connectivity index (χ1v) is 7.80. The summed E-state index contributed by atoms with van der Waals surface area (Å²) in [4.78, 5) is 23.0. The van der Waals surface area contributed by atoms with Gasteiger partial charge in [0, 0.05) is 5.69 Å². The third-order valence-electron chi connectivity index (χ3n) is 3.81. The molecule has 6 heteroatoms. The van der Waals surface area contributed by atoms with Crippen molar-refractivity contribution >= 4 is 17.6 Å². The molecule has 2 rings (SSSR count). The number of aryl methyl sites for hydroxylation is 1. The van der Waals surface area contributed by atoms with Crippen LogP contribution in [-0.2, 0) is 9.59 Å². The molecule has 6 nitrogen and oxygen atoms in total. The largest absolute Gasteiger partial charge is 0.497 e. The molecule has 2 N–H and O–H groups in total. The molecule has 2 aromatic carbocycles. The smallest absolute Gasteiger partial charge is 0.341 e. The summed E-state index contributed by atoms with van der Waals surface area (Å²) in [5, 5.41) is 11.5. The van der Waals surface area contributed by atoms with Crippen LogP contribution in [0, 0.1) is 6.92 Å². The molecule has 0 fully saturated rings. The normalized spacial score (nSPS) is 11.5. The molecule has 0 aliphatic rings. The highest BCUT2D eigenvalue weighted by molar-refractivity contribution is 5.96. The van der Waals surface area contributed by atoms with E-state index in [-0.39, 0.29) is 11.8 Å². The van der Waals surface area contributed by atoms with Crippen LogP contribution in [0.1, 0.15) is 24.0 Å². The standard InChI is InChI=1S/C19H21NO5/c1-12-9-16(25-11-18(21)22)7-8-17(12)20-19(23)13(2)14-5-4-6-15(10-14)24-3/h4-10,13H,11H2,1-3H3,(H,20,23)(H,21,22). The van der Waals surface area contributed by atoms with Crippen LogP contribution in [0.25, 0.3) is 0 Å². The van der Waals surface area contributed by atoms with Crippen molar-refractivity contribution in [3.05, 3.63) is 53.6 Å². The highest BCUT2D eigenvalue weighted by atomic mass is 16.5. The van der Waals surface area contributed by atoms with Crippen molar-refractivity contribution < 1.29 is 24.2 Å². The molecule has 132 valence electrons. The van der Waals surface area contributed by atoms with Crippen molar-refractivity contribution in [3.8, 4) is 11.5 Å². The number of aliphatic carboxylic acids is 1. The predicted octanol–water partition coefficient (Wildman–Crippen LogP) is 3.21. The van der Waals surface area contributed by atoms with Crippen molar-refractivity contribution in [2.24, 2.45) is 0 Å². The second-order valence-corrected chi connectivity index (χ2v) is 5.65. The molecule has 0 aliphatic heterocycles. The molecule has 0 saturated carbocycles. The molecular formula is C19H21NO5.